The van der Waals surface area contributed by atoms with E-state index < -0.39 is 37.4 Å². The van der Waals surface area contributed by atoms with Crippen LogP contribution in [-0.4, -0.2) is 25.2 Å². The number of benzene rings is 1. The molecule has 1 aromatic carbocycles. The fourth-order valence-corrected chi connectivity index (χ4v) is 3.55. The first-order chi connectivity index (χ1) is 9.79. The van der Waals surface area contributed by atoms with Crippen LogP contribution in [0.4, 0.5) is 10.1 Å². The number of hydrogen-bond acceptors (Lipinski definition) is 5. The molecular weight excluding hydrogens is 303 g/mol. The minimum Gasteiger partial charge on any atom is -0.300 e. The first-order valence-electron chi connectivity index (χ1n) is 6.27. The number of nitrogens with one attached hydrogen (secondary N) is 1. The van der Waals surface area contributed by atoms with Crippen LogP contribution < -0.4 is 4.72 Å². The Morgan fingerprint density at radius 2 is 1.90 bits per heavy atom. The maximum atomic E-state index is 13.6. The number of nitro benzene ring substituents is 1. The molecule has 1 N–H and O–H groups in total. The molecule has 0 spiro atoms. The molecule has 1 fully saturated rings. The molecule has 7 nitrogen and oxygen atoms in total. The Hall–Kier alpha value is -1.87. The maximum Gasteiger partial charge on any atom is 0.270 e. The van der Waals surface area contributed by atoms with Gasteiger partial charge in [-0.15, -0.1) is 0 Å². The van der Waals surface area contributed by atoms with Gasteiger partial charge < -0.3 is 0 Å². The number of rotatable bonds is 4. The minimum absolute atomic E-state index is 0.0620. The van der Waals surface area contributed by atoms with Crippen molar-refractivity contribution in [1.29, 1.82) is 0 Å². The van der Waals surface area contributed by atoms with Crippen molar-refractivity contribution in [3.8, 4) is 0 Å². The Morgan fingerprint density at radius 3 is 2.48 bits per heavy atom. The van der Waals surface area contributed by atoms with Crippen molar-refractivity contribution in [3.05, 3.63) is 34.1 Å². The largest absolute Gasteiger partial charge is 0.300 e. The molecule has 9 heteroatoms. The molecule has 0 atom stereocenters. The molecule has 2 rings (SSSR count). The highest BCUT2D eigenvalue weighted by Gasteiger charge is 2.27. The van der Waals surface area contributed by atoms with Crippen LogP contribution in [-0.2, 0) is 14.8 Å². The fraction of sp³-hybridized carbons (Fsp3) is 0.417. The van der Waals surface area contributed by atoms with Crippen LogP contribution in [0.15, 0.2) is 23.1 Å². The molecule has 0 amide bonds. The summed E-state index contributed by atoms with van der Waals surface area (Å²) in [5.41, 5.74) is -0.504. The summed E-state index contributed by atoms with van der Waals surface area (Å²) in [4.78, 5) is 20.2. The van der Waals surface area contributed by atoms with Crippen molar-refractivity contribution in [3.63, 3.8) is 0 Å². The van der Waals surface area contributed by atoms with Crippen LogP contribution in [0.5, 0.6) is 0 Å². The van der Waals surface area contributed by atoms with Crippen molar-refractivity contribution in [2.45, 2.75) is 36.6 Å². The minimum atomic E-state index is -4.20. The molecule has 1 aliphatic carbocycles. The van der Waals surface area contributed by atoms with Gasteiger partial charge in [0, 0.05) is 31.0 Å². The van der Waals surface area contributed by atoms with E-state index in [0.29, 0.717) is 18.9 Å². The fourth-order valence-electron chi connectivity index (χ4n) is 2.15. The zero-order chi connectivity index (χ0) is 15.6. The lowest BCUT2D eigenvalue weighted by atomic mass is 9.95. The molecule has 1 aromatic rings. The third kappa shape index (κ3) is 3.61. The summed E-state index contributed by atoms with van der Waals surface area (Å²) in [5, 5.41) is 10.6. The zero-order valence-electron chi connectivity index (χ0n) is 10.9. The smallest absolute Gasteiger partial charge is 0.270 e. The number of ketones is 1. The first kappa shape index (κ1) is 15.5. The molecule has 114 valence electrons. The van der Waals surface area contributed by atoms with E-state index in [1.807, 2.05) is 0 Å². The van der Waals surface area contributed by atoms with Crippen LogP contribution >= 0.6 is 0 Å². The van der Waals surface area contributed by atoms with E-state index in [1.54, 1.807) is 0 Å². The third-order valence-electron chi connectivity index (χ3n) is 3.28. The summed E-state index contributed by atoms with van der Waals surface area (Å²) in [5.74, 6) is -0.994. The van der Waals surface area contributed by atoms with Gasteiger partial charge in [-0.2, -0.15) is 0 Å². The molecule has 0 saturated heterocycles. The maximum absolute atomic E-state index is 13.6. The third-order valence-corrected chi connectivity index (χ3v) is 4.82. The summed E-state index contributed by atoms with van der Waals surface area (Å²) < 4.78 is 40.2. The van der Waals surface area contributed by atoms with Gasteiger partial charge in [-0.05, 0) is 18.9 Å². The van der Waals surface area contributed by atoms with Crippen LogP contribution in [0.25, 0.3) is 0 Å². The average molecular weight is 316 g/mol. The molecular formula is C12H13FN2O5S. The molecule has 0 aliphatic heterocycles. The van der Waals surface area contributed by atoms with Crippen molar-refractivity contribution < 1.29 is 22.5 Å². The topological polar surface area (TPSA) is 106 Å². The second kappa shape index (κ2) is 5.86. The molecule has 1 saturated carbocycles. The normalized spacial score (nSPS) is 16.9. The van der Waals surface area contributed by atoms with Crippen molar-refractivity contribution in [1.82, 2.24) is 4.72 Å². The standard InChI is InChI=1S/C12H13FN2O5S/c13-11-6-3-9(15(17)18)7-12(11)21(19,20)14-8-1-4-10(16)5-2-8/h3,6-8,14H,1-2,4-5H2. The predicted molar refractivity (Wildman–Crippen MR) is 70.6 cm³/mol. The number of nitrogens with zero attached hydrogens (tertiary/aromatic N) is 1. The Bertz CT molecular complexity index is 679. The first-order valence-corrected chi connectivity index (χ1v) is 7.76. The summed E-state index contributed by atoms with van der Waals surface area (Å²) in [6.45, 7) is 0. The summed E-state index contributed by atoms with van der Waals surface area (Å²) in [7, 11) is -4.20. The number of carbonyl (C=O) groups excluding carboxylic acids is 1. The van der Waals surface area contributed by atoms with Crippen LogP contribution in [0.1, 0.15) is 25.7 Å². The van der Waals surface area contributed by atoms with E-state index in [0.717, 1.165) is 12.1 Å². The molecule has 0 bridgehead atoms. The molecule has 0 unspecified atom stereocenters. The lowest BCUT2D eigenvalue weighted by Gasteiger charge is -2.22. The number of sulfonamides is 1. The van der Waals surface area contributed by atoms with Crippen LogP contribution in [0, 0.1) is 15.9 Å². The van der Waals surface area contributed by atoms with E-state index in [9.17, 15) is 27.7 Å². The number of carbonyl (C=O) groups is 1. The highest BCUT2D eigenvalue weighted by atomic mass is 32.2. The Morgan fingerprint density at radius 1 is 1.29 bits per heavy atom. The Labute approximate surface area is 120 Å². The van der Waals surface area contributed by atoms with Crippen LogP contribution in [0.3, 0.4) is 0 Å². The number of non-ortho nitro benzene ring substituents is 1. The van der Waals surface area contributed by atoms with Gasteiger partial charge >= 0.3 is 0 Å². The van der Waals surface area contributed by atoms with Crippen molar-refractivity contribution >= 4 is 21.5 Å². The summed E-state index contributed by atoms with van der Waals surface area (Å²) in [6.07, 6.45) is 1.22. The van der Waals surface area contributed by atoms with Crippen molar-refractivity contribution in [2.24, 2.45) is 0 Å². The SMILES string of the molecule is O=C1CCC(NS(=O)(=O)c2cc([N+](=O)[O-])ccc2F)CC1. The van der Waals surface area contributed by atoms with Gasteiger partial charge in [-0.25, -0.2) is 17.5 Å². The van der Waals surface area contributed by atoms with Gasteiger partial charge in [0.25, 0.3) is 5.69 Å². The highest BCUT2D eigenvalue weighted by Crippen LogP contribution is 2.23. The number of Topliss-reactive ketones (excluding diaryl/α,β-unsaturated/α-hetero) is 1. The van der Waals surface area contributed by atoms with E-state index >= 15 is 0 Å². The van der Waals surface area contributed by atoms with Gasteiger partial charge in [0.15, 0.2) is 0 Å². The van der Waals surface area contributed by atoms with E-state index in [-0.39, 0.29) is 18.6 Å². The quantitative estimate of drug-likeness (QED) is 0.669. The second-order valence-electron chi connectivity index (χ2n) is 4.81. The lowest BCUT2D eigenvalue weighted by molar-refractivity contribution is -0.385. The van der Waals surface area contributed by atoms with E-state index in [2.05, 4.69) is 4.72 Å². The van der Waals surface area contributed by atoms with E-state index in [1.165, 1.54) is 0 Å². The van der Waals surface area contributed by atoms with Crippen LogP contribution in [0.2, 0.25) is 0 Å². The number of nitro groups is 1. The molecule has 1 aliphatic rings. The lowest BCUT2D eigenvalue weighted by Crippen LogP contribution is -2.38. The number of halogens is 1. The summed E-state index contributed by atoms with van der Waals surface area (Å²) >= 11 is 0. The van der Waals surface area contributed by atoms with Crippen molar-refractivity contribution in [2.75, 3.05) is 0 Å². The monoisotopic (exact) mass is 316 g/mol. The van der Waals surface area contributed by atoms with Gasteiger partial charge in [-0.3, -0.25) is 14.9 Å². The van der Waals surface area contributed by atoms with Gasteiger partial charge in [0.1, 0.15) is 16.5 Å². The van der Waals surface area contributed by atoms with Gasteiger partial charge in [-0.1, -0.05) is 0 Å². The summed E-state index contributed by atoms with van der Waals surface area (Å²) in [6, 6.07) is 1.86. The molecule has 21 heavy (non-hydrogen) atoms. The van der Waals surface area contributed by atoms with Gasteiger partial charge in [0.2, 0.25) is 10.0 Å². The Kier molecular flexibility index (Phi) is 4.33. The van der Waals surface area contributed by atoms with Gasteiger partial charge in [0.05, 0.1) is 4.92 Å². The highest BCUT2D eigenvalue weighted by molar-refractivity contribution is 7.89. The van der Waals surface area contributed by atoms with E-state index in [4.69, 9.17) is 0 Å². The molecule has 0 aromatic heterocycles. The molecule has 0 heterocycles. The average Bonchev–Trinajstić information content (AvgIpc) is 2.41. The zero-order valence-corrected chi connectivity index (χ0v) is 11.7. The number of hydrogen-bond donors (Lipinski definition) is 1. The Balaban J connectivity index is 2.25. The second-order valence-corrected chi connectivity index (χ2v) is 6.49. The molecule has 0 radical (unpaired) electrons. The predicted octanol–water partition coefficient (Wildman–Crippen LogP) is 1.52.